The van der Waals surface area contributed by atoms with Gasteiger partial charge < -0.3 is 10.2 Å². The number of rotatable bonds is 7. The van der Waals surface area contributed by atoms with E-state index in [0.29, 0.717) is 18.9 Å². The lowest BCUT2D eigenvalue weighted by Crippen LogP contribution is -2.53. The first-order chi connectivity index (χ1) is 9.97. The Hall–Kier alpha value is -1.06. The summed E-state index contributed by atoms with van der Waals surface area (Å²) in [4.78, 5) is 26.1. The lowest BCUT2D eigenvalue weighted by atomic mass is 9.89. The van der Waals surface area contributed by atoms with Gasteiger partial charge in [0.15, 0.2) is 0 Å². The molecule has 0 saturated carbocycles. The van der Waals surface area contributed by atoms with Crippen molar-refractivity contribution in [2.24, 2.45) is 11.8 Å². The zero-order chi connectivity index (χ0) is 15.8. The lowest BCUT2D eigenvalue weighted by molar-refractivity contribution is -0.135. The third kappa shape index (κ3) is 6.06. The molecule has 122 valence electrons. The fraction of sp³-hybridized carbons (Fsp3) is 0.882. The van der Waals surface area contributed by atoms with Gasteiger partial charge in [0, 0.05) is 31.5 Å². The Balaban J connectivity index is 2.64. The second-order valence-corrected chi connectivity index (χ2v) is 6.65. The van der Waals surface area contributed by atoms with Crippen molar-refractivity contribution in [3.63, 3.8) is 0 Å². The predicted molar refractivity (Wildman–Crippen MR) is 85.9 cm³/mol. The third-order valence-corrected chi connectivity index (χ3v) is 4.19. The van der Waals surface area contributed by atoms with Crippen molar-refractivity contribution in [1.29, 1.82) is 0 Å². The van der Waals surface area contributed by atoms with Gasteiger partial charge in [0.2, 0.25) is 11.8 Å². The van der Waals surface area contributed by atoms with Gasteiger partial charge in [-0.3, -0.25) is 9.59 Å². The largest absolute Gasteiger partial charge is 0.351 e. The van der Waals surface area contributed by atoms with Gasteiger partial charge in [0.25, 0.3) is 0 Å². The van der Waals surface area contributed by atoms with Gasteiger partial charge in [-0.1, -0.05) is 40.5 Å². The molecule has 0 bridgehead atoms. The molecule has 1 heterocycles. The van der Waals surface area contributed by atoms with E-state index in [4.69, 9.17) is 0 Å². The van der Waals surface area contributed by atoms with Crippen LogP contribution in [0.3, 0.4) is 0 Å². The summed E-state index contributed by atoms with van der Waals surface area (Å²) in [5.41, 5.74) is 0. The number of carbonyl (C=O) groups is 2. The minimum atomic E-state index is 0.000752. The van der Waals surface area contributed by atoms with Crippen molar-refractivity contribution in [2.75, 3.05) is 13.1 Å². The SMILES string of the molecule is CCCCC1CC(NC(=O)C(C)C)CN(C(=O)CCC)C1. The van der Waals surface area contributed by atoms with Crippen LogP contribution in [0.2, 0.25) is 0 Å². The fourth-order valence-electron chi connectivity index (χ4n) is 2.95. The average Bonchev–Trinajstić information content (AvgIpc) is 2.45. The van der Waals surface area contributed by atoms with Crippen LogP contribution in [0.1, 0.15) is 66.2 Å². The van der Waals surface area contributed by atoms with Gasteiger partial charge in [-0.25, -0.2) is 0 Å². The first-order valence-corrected chi connectivity index (χ1v) is 8.56. The van der Waals surface area contributed by atoms with Gasteiger partial charge in [-0.15, -0.1) is 0 Å². The number of unbranched alkanes of at least 4 members (excludes halogenated alkanes) is 1. The monoisotopic (exact) mass is 296 g/mol. The first kappa shape index (κ1) is 18.0. The molecule has 4 nitrogen and oxygen atoms in total. The lowest BCUT2D eigenvalue weighted by Gasteiger charge is -2.38. The molecule has 0 aromatic rings. The molecule has 21 heavy (non-hydrogen) atoms. The summed E-state index contributed by atoms with van der Waals surface area (Å²) in [5.74, 6) is 0.860. The molecule has 2 atom stereocenters. The van der Waals surface area contributed by atoms with E-state index in [1.54, 1.807) is 0 Å². The molecule has 0 aromatic carbocycles. The molecule has 1 aliphatic rings. The van der Waals surface area contributed by atoms with E-state index in [2.05, 4.69) is 12.2 Å². The van der Waals surface area contributed by atoms with E-state index < -0.39 is 0 Å². The van der Waals surface area contributed by atoms with Crippen LogP contribution in [0, 0.1) is 11.8 Å². The van der Waals surface area contributed by atoms with Crippen molar-refractivity contribution in [1.82, 2.24) is 10.2 Å². The highest BCUT2D eigenvalue weighted by atomic mass is 16.2. The molecule has 2 amide bonds. The summed E-state index contributed by atoms with van der Waals surface area (Å²) in [5, 5.41) is 3.12. The molecule has 2 unspecified atom stereocenters. The number of amides is 2. The number of nitrogens with zero attached hydrogens (tertiary/aromatic N) is 1. The number of hydrogen-bond acceptors (Lipinski definition) is 2. The minimum Gasteiger partial charge on any atom is -0.351 e. The molecule has 1 aliphatic heterocycles. The summed E-state index contributed by atoms with van der Waals surface area (Å²) in [6, 6.07) is 0.122. The topological polar surface area (TPSA) is 49.4 Å². The minimum absolute atomic E-state index is 0.000752. The molecular formula is C17H32N2O2. The predicted octanol–water partition coefficient (Wildman–Crippen LogP) is 2.97. The Morgan fingerprint density at radius 3 is 2.48 bits per heavy atom. The molecule has 0 spiro atoms. The average molecular weight is 296 g/mol. The van der Waals surface area contributed by atoms with Gasteiger partial charge in [0.1, 0.15) is 0 Å². The summed E-state index contributed by atoms with van der Waals surface area (Å²) in [6.07, 6.45) is 6.05. The number of hydrogen-bond donors (Lipinski definition) is 1. The van der Waals surface area contributed by atoms with Gasteiger partial charge in [-0.2, -0.15) is 0 Å². The van der Waals surface area contributed by atoms with Crippen LogP contribution < -0.4 is 5.32 Å². The first-order valence-electron chi connectivity index (χ1n) is 8.56. The van der Waals surface area contributed by atoms with E-state index >= 15 is 0 Å². The Morgan fingerprint density at radius 1 is 1.19 bits per heavy atom. The van der Waals surface area contributed by atoms with Gasteiger partial charge in [0.05, 0.1) is 0 Å². The zero-order valence-corrected chi connectivity index (χ0v) is 14.2. The maximum Gasteiger partial charge on any atom is 0.222 e. The number of nitrogens with one attached hydrogen (secondary N) is 1. The third-order valence-electron chi connectivity index (χ3n) is 4.19. The molecule has 1 saturated heterocycles. The number of piperidine rings is 1. The Labute approximate surface area is 129 Å². The summed E-state index contributed by atoms with van der Waals surface area (Å²) < 4.78 is 0. The number of carbonyl (C=O) groups excluding carboxylic acids is 2. The van der Waals surface area contributed by atoms with E-state index in [0.717, 1.165) is 25.8 Å². The maximum atomic E-state index is 12.2. The second-order valence-electron chi connectivity index (χ2n) is 6.65. The van der Waals surface area contributed by atoms with Crippen LogP contribution in [0.15, 0.2) is 0 Å². The molecular weight excluding hydrogens is 264 g/mol. The Kier molecular flexibility index (Phi) is 7.76. The standard InChI is InChI=1S/C17H32N2O2/c1-5-7-9-14-10-15(18-17(21)13(3)4)12-19(11-14)16(20)8-6-2/h13-15H,5-12H2,1-4H3,(H,18,21). The van der Waals surface area contributed by atoms with E-state index in [1.165, 1.54) is 12.8 Å². The van der Waals surface area contributed by atoms with Crippen LogP contribution in [0.4, 0.5) is 0 Å². The fourth-order valence-corrected chi connectivity index (χ4v) is 2.95. The van der Waals surface area contributed by atoms with Gasteiger partial charge >= 0.3 is 0 Å². The smallest absolute Gasteiger partial charge is 0.222 e. The molecule has 0 aromatic heterocycles. The highest BCUT2D eigenvalue weighted by Gasteiger charge is 2.30. The van der Waals surface area contributed by atoms with Crippen LogP contribution in [0.5, 0.6) is 0 Å². The van der Waals surface area contributed by atoms with Crippen molar-refractivity contribution in [3.8, 4) is 0 Å². The summed E-state index contributed by atoms with van der Waals surface area (Å²) >= 11 is 0. The Morgan fingerprint density at radius 2 is 1.90 bits per heavy atom. The van der Waals surface area contributed by atoms with E-state index in [9.17, 15) is 9.59 Å². The molecule has 0 radical (unpaired) electrons. The van der Waals surface area contributed by atoms with E-state index in [-0.39, 0.29) is 23.8 Å². The molecule has 1 N–H and O–H groups in total. The molecule has 4 heteroatoms. The van der Waals surface area contributed by atoms with Crippen LogP contribution >= 0.6 is 0 Å². The van der Waals surface area contributed by atoms with Crippen LogP contribution in [0.25, 0.3) is 0 Å². The maximum absolute atomic E-state index is 12.2. The van der Waals surface area contributed by atoms with Crippen LogP contribution in [-0.4, -0.2) is 35.8 Å². The molecule has 1 fully saturated rings. The Bertz CT molecular complexity index is 342. The van der Waals surface area contributed by atoms with Gasteiger partial charge in [-0.05, 0) is 25.2 Å². The zero-order valence-electron chi connectivity index (χ0n) is 14.2. The summed E-state index contributed by atoms with van der Waals surface area (Å²) in [6.45, 7) is 9.60. The highest BCUT2D eigenvalue weighted by Crippen LogP contribution is 2.23. The molecule has 1 rings (SSSR count). The van der Waals surface area contributed by atoms with Crippen LogP contribution in [-0.2, 0) is 9.59 Å². The normalized spacial score (nSPS) is 22.4. The number of likely N-dealkylation sites (tertiary alicyclic amines) is 1. The van der Waals surface area contributed by atoms with E-state index in [1.807, 2.05) is 25.7 Å². The highest BCUT2D eigenvalue weighted by molar-refractivity contribution is 5.79. The quantitative estimate of drug-likeness (QED) is 0.785. The van der Waals surface area contributed by atoms with Crippen molar-refractivity contribution >= 4 is 11.8 Å². The molecule has 0 aliphatic carbocycles. The van der Waals surface area contributed by atoms with Crippen molar-refractivity contribution in [2.45, 2.75) is 72.3 Å². The second kappa shape index (κ2) is 9.06. The van der Waals surface area contributed by atoms with Crippen molar-refractivity contribution < 1.29 is 9.59 Å². The van der Waals surface area contributed by atoms with Crippen molar-refractivity contribution in [3.05, 3.63) is 0 Å². The summed E-state index contributed by atoms with van der Waals surface area (Å²) in [7, 11) is 0.